The molecule has 0 aliphatic carbocycles. The number of Topliss-reactive ketones (excluding diaryl/α,β-unsaturated/α-hetero) is 2. The van der Waals surface area contributed by atoms with E-state index in [-0.39, 0.29) is 30.7 Å². The molecule has 0 saturated carbocycles. The van der Waals surface area contributed by atoms with Crippen LogP contribution in [0.4, 0.5) is 0 Å². The maximum atomic E-state index is 12.1. The van der Waals surface area contributed by atoms with Gasteiger partial charge in [0.25, 0.3) is 0 Å². The minimum absolute atomic E-state index is 0.00696. The zero-order chi connectivity index (χ0) is 20.2. The molecular weight excluding hydrogens is 352 g/mol. The van der Waals surface area contributed by atoms with Crippen LogP contribution in [0.5, 0.6) is 0 Å². The van der Waals surface area contributed by atoms with Gasteiger partial charge in [0.15, 0.2) is 11.6 Å². The average Bonchev–Trinajstić information content (AvgIpc) is 2.64. The molecule has 0 radical (unpaired) electrons. The third kappa shape index (κ3) is 18.3. The Kier molecular flexibility index (Phi) is 19.3. The summed E-state index contributed by atoms with van der Waals surface area (Å²) in [6.45, 7) is 9.64. The van der Waals surface area contributed by atoms with Crippen molar-refractivity contribution in [2.24, 2.45) is 5.92 Å². The van der Waals surface area contributed by atoms with Crippen LogP contribution in [0.3, 0.4) is 0 Å². The molecular formula is C20H38O7. The van der Waals surface area contributed by atoms with Crippen molar-refractivity contribution < 1.29 is 33.3 Å². The number of carbonyl (C=O) groups excluding carboxylic acids is 2. The zero-order valence-corrected chi connectivity index (χ0v) is 17.3. The minimum Gasteiger partial charge on any atom is -0.377 e. The lowest BCUT2D eigenvalue weighted by Gasteiger charge is -2.14. The van der Waals surface area contributed by atoms with Gasteiger partial charge in [-0.3, -0.25) is 9.59 Å². The Bertz CT molecular complexity index is 354. The Morgan fingerprint density at radius 2 is 1.00 bits per heavy atom. The average molecular weight is 391 g/mol. The largest absolute Gasteiger partial charge is 0.377 e. The number of hydrogen-bond acceptors (Lipinski definition) is 7. The first-order valence-electron chi connectivity index (χ1n) is 10.0. The SMILES string of the molecule is CCCC(CCC)C(=O)COCCOCCOCCOCCOCC(C)=O. The van der Waals surface area contributed by atoms with E-state index in [1.807, 2.05) is 0 Å². The first kappa shape index (κ1) is 26.1. The van der Waals surface area contributed by atoms with Crippen molar-refractivity contribution in [1.82, 2.24) is 0 Å². The molecule has 7 nitrogen and oxygen atoms in total. The number of ketones is 2. The lowest BCUT2D eigenvalue weighted by Crippen LogP contribution is -2.21. The van der Waals surface area contributed by atoms with Crippen LogP contribution >= 0.6 is 0 Å². The van der Waals surface area contributed by atoms with Crippen LogP contribution in [0.1, 0.15) is 46.5 Å². The van der Waals surface area contributed by atoms with E-state index in [9.17, 15) is 9.59 Å². The van der Waals surface area contributed by atoms with Gasteiger partial charge in [-0.2, -0.15) is 0 Å². The van der Waals surface area contributed by atoms with Gasteiger partial charge in [-0.1, -0.05) is 26.7 Å². The smallest absolute Gasteiger partial charge is 0.161 e. The van der Waals surface area contributed by atoms with Crippen LogP contribution in [0.25, 0.3) is 0 Å². The van der Waals surface area contributed by atoms with Gasteiger partial charge in [0.05, 0.1) is 52.9 Å². The highest BCUT2D eigenvalue weighted by Crippen LogP contribution is 2.14. The Morgan fingerprint density at radius 1 is 0.630 bits per heavy atom. The summed E-state index contributed by atoms with van der Waals surface area (Å²) in [6, 6.07) is 0. The number of ether oxygens (including phenoxy) is 5. The summed E-state index contributed by atoms with van der Waals surface area (Å²) in [5.41, 5.74) is 0. The van der Waals surface area contributed by atoms with Crippen molar-refractivity contribution in [3.05, 3.63) is 0 Å². The summed E-state index contributed by atoms with van der Waals surface area (Å²) in [5, 5.41) is 0. The van der Waals surface area contributed by atoms with E-state index in [1.54, 1.807) is 0 Å². The van der Waals surface area contributed by atoms with Gasteiger partial charge < -0.3 is 23.7 Å². The van der Waals surface area contributed by atoms with E-state index in [4.69, 9.17) is 23.7 Å². The van der Waals surface area contributed by atoms with Crippen LogP contribution < -0.4 is 0 Å². The van der Waals surface area contributed by atoms with E-state index in [1.165, 1.54) is 6.92 Å². The van der Waals surface area contributed by atoms with Gasteiger partial charge in [0, 0.05) is 5.92 Å². The lowest BCUT2D eigenvalue weighted by atomic mass is 9.94. The van der Waals surface area contributed by atoms with Gasteiger partial charge in [0.1, 0.15) is 13.2 Å². The fourth-order valence-corrected chi connectivity index (χ4v) is 2.45. The van der Waals surface area contributed by atoms with Crippen molar-refractivity contribution in [3.8, 4) is 0 Å². The maximum absolute atomic E-state index is 12.1. The molecule has 0 heterocycles. The maximum Gasteiger partial charge on any atom is 0.161 e. The highest BCUT2D eigenvalue weighted by atomic mass is 16.6. The van der Waals surface area contributed by atoms with Crippen LogP contribution in [-0.2, 0) is 33.3 Å². The summed E-state index contributed by atoms with van der Waals surface area (Å²) in [4.78, 5) is 22.7. The van der Waals surface area contributed by atoms with Gasteiger partial charge in [-0.15, -0.1) is 0 Å². The van der Waals surface area contributed by atoms with Gasteiger partial charge >= 0.3 is 0 Å². The third-order valence-electron chi connectivity index (χ3n) is 3.77. The number of hydrogen-bond donors (Lipinski definition) is 0. The number of carbonyl (C=O) groups is 2. The Labute approximate surface area is 164 Å². The Morgan fingerprint density at radius 3 is 1.37 bits per heavy atom. The molecule has 0 aromatic heterocycles. The number of rotatable bonds is 21. The molecule has 27 heavy (non-hydrogen) atoms. The second-order valence-corrected chi connectivity index (χ2v) is 6.38. The second-order valence-electron chi connectivity index (χ2n) is 6.38. The normalized spacial score (nSPS) is 11.3. The van der Waals surface area contributed by atoms with Crippen LogP contribution in [-0.4, -0.2) is 77.6 Å². The highest BCUT2D eigenvalue weighted by Gasteiger charge is 2.16. The molecule has 0 amide bonds. The van der Waals surface area contributed by atoms with E-state index in [0.717, 1.165) is 25.7 Å². The first-order chi connectivity index (χ1) is 13.1. The molecule has 0 fully saturated rings. The van der Waals surface area contributed by atoms with E-state index in [2.05, 4.69) is 13.8 Å². The summed E-state index contributed by atoms with van der Waals surface area (Å²) in [7, 11) is 0. The van der Waals surface area contributed by atoms with Gasteiger partial charge in [-0.05, 0) is 19.8 Å². The van der Waals surface area contributed by atoms with Crippen molar-refractivity contribution >= 4 is 11.6 Å². The zero-order valence-electron chi connectivity index (χ0n) is 17.3. The highest BCUT2D eigenvalue weighted by molar-refractivity contribution is 5.82. The van der Waals surface area contributed by atoms with Crippen molar-refractivity contribution in [3.63, 3.8) is 0 Å². The fraction of sp³-hybridized carbons (Fsp3) is 0.900. The quantitative estimate of drug-likeness (QED) is 0.279. The first-order valence-corrected chi connectivity index (χ1v) is 10.0. The summed E-state index contributed by atoms with van der Waals surface area (Å²) >= 11 is 0. The third-order valence-corrected chi connectivity index (χ3v) is 3.77. The Balaban J connectivity index is 3.31. The standard InChI is InChI=1S/C20H38O7/c1-4-6-19(7-5-2)20(22)17-27-15-13-25-11-9-23-8-10-24-12-14-26-16-18(3)21/h19H,4-17H2,1-3H3. The Hall–Kier alpha value is -0.860. The predicted octanol–water partition coefficient (Wildman–Crippen LogP) is 2.44. The lowest BCUT2D eigenvalue weighted by molar-refractivity contribution is -0.128. The van der Waals surface area contributed by atoms with Crippen LogP contribution in [0.15, 0.2) is 0 Å². The summed E-state index contributed by atoms with van der Waals surface area (Å²) < 4.78 is 26.5. The van der Waals surface area contributed by atoms with Gasteiger partial charge in [0.2, 0.25) is 0 Å². The second kappa shape index (κ2) is 19.9. The molecule has 0 N–H and O–H groups in total. The molecule has 0 spiro atoms. The monoisotopic (exact) mass is 390 g/mol. The molecule has 7 heteroatoms. The molecule has 160 valence electrons. The molecule has 0 aliphatic heterocycles. The minimum atomic E-state index is 0.00696. The topological polar surface area (TPSA) is 80.3 Å². The molecule has 0 aromatic carbocycles. The van der Waals surface area contributed by atoms with E-state index in [0.29, 0.717) is 52.9 Å². The molecule has 0 rings (SSSR count). The van der Waals surface area contributed by atoms with Crippen molar-refractivity contribution in [2.45, 2.75) is 46.5 Å². The van der Waals surface area contributed by atoms with E-state index >= 15 is 0 Å². The van der Waals surface area contributed by atoms with Crippen molar-refractivity contribution in [1.29, 1.82) is 0 Å². The van der Waals surface area contributed by atoms with Crippen LogP contribution in [0, 0.1) is 5.92 Å². The molecule has 0 atom stereocenters. The predicted molar refractivity (Wildman–Crippen MR) is 103 cm³/mol. The van der Waals surface area contributed by atoms with Gasteiger partial charge in [-0.25, -0.2) is 0 Å². The van der Waals surface area contributed by atoms with Crippen molar-refractivity contribution in [2.75, 3.05) is 66.1 Å². The van der Waals surface area contributed by atoms with Crippen LogP contribution in [0.2, 0.25) is 0 Å². The fourth-order valence-electron chi connectivity index (χ4n) is 2.45. The molecule has 0 aliphatic rings. The molecule has 0 bridgehead atoms. The van der Waals surface area contributed by atoms with E-state index < -0.39 is 0 Å². The molecule has 0 saturated heterocycles. The summed E-state index contributed by atoms with van der Waals surface area (Å²) in [5.74, 6) is 0.346. The molecule has 0 aromatic rings. The molecule has 0 unspecified atom stereocenters. The summed E-state index contributed by atoms with van der Waals surface area (Å²) in [6.07, 6.45) is 3.94.